The molecule has 2 saturated heterocycles. The van der Waals surface area contributed by atoms with Gasteiger partial charge in [0, 0.05) is 19.2 Å². The second-order valence-electron chi connectivity index (χ2n) is 4.92. The van der Waals surface area contributed by atoms with E-state index in [1.807, 2.05) is 0 Å². The predicted molar refractivity (Wildman–Crippen MR) is 65.4 cm³/mol. The van der Waals surface area contributed by atoms with Gasteiger partial charge in [-0.25, -0.2) is 13.8 Å². The van der Waals surface area contributed by atoms with Crippen molar-refractivity contribution in [3.05, 3.63) is 17.7 Å². The lowest BCUT2D eigenvalue weighted by Gasteiger charge is -2.36. The Morgan fingerprint density at radius 1 is 1.42 bits per heavy atom. The van der Waals surface area contributed by atoms with Gasteiger partial charge in [-0.05, 0) is 12.8 Å². The number of fused-ring (bicyclic) bond motifs is 1. The third-order valence-corrected chi connectivity index (χ3v) is 3.81. The van der Waals surface area contributed by atoms with Crippen molar-refractivity contribution < 1.29 is 13.6 Å². The number of aromatic nitrogens is 1. The van der Waals surface area contributed by atoms with Crippen LogP contribution in [0.25, 0.3) is 0 Å². The van der Waals surface area contributed by atoms with Crippen LogP contribution in [0.5, 0.6) is 0 Å². The maximum atomic E-state index is 13.9. The standard InChI is InChI=1S/C12H14F2N4O/c13-7-4-8(14)11(17-10(7)15)18-3-1-2-6-9(18)5-16-12(6)19/h4,6,9H,1-3,5H2,(H2,15,17)(H,16,19). The Balaban J connectivity index is 1.97. The van der Waals surface area contributed by atoms with Gasteiger partial charge in [-0.3, -0.25) is 4.79 Å². The van der Waals surface area contributed by atoms with Crippen LogP contribution in [0.2, 0.25) is 0 Å². The summed E-state index contributed by atoms with van der Waals surface area (Å²) < 4.78 is 27.0. The van der Waals surface area contributed by atoms with Crippen molar-refractivity contribution in [2.75, 3.05) is 23.7 Å². The molecular formula is C12H14F2N4O. The Labute approximate surface area is 108 Å². The van der Waals surface area contributed by atoms with Crippen LogP contribution in [-0.4, -0.2) is 30.0 Å². The lowest BCUT2D eigenvalue weighted by atomic mass is 9.91. The number of hydrogen-bond acceptors (Lipinski definition) is 4. The molecular weight excluding hydrogens is 254 g/mol. The molecule has 1 aromatic heterocycles. The Bertz CT molecular complexity index is 537. The zero-order valence-corrected chi connectivity index (χ0v) is 10.2. The van der Waals surface area contributed by atoms with E-state index >= 15 is 0 Å². The first-order valence-electron chi connectivity index (χ1n) is 6.24. The Morgan fingerprint density at radius 3 is 3.00 bits per heavy atom. The van der Waals surface area contributed by atoms with Crippen molar-refractivity contribution in [1.29, 1.82) is 0 Å². The molecule has 2 unspecified atom stereocenters. The highest BCUT2D eigenvalue weighted by Gasteiger charge is 2.42. The van der Waals surface area contributed by atoms with Crippen molar-refractivity contribution in [2.24, 2.45) is 5.92 Å². The van der Waals surface area contributed by atoms with E-state index in [-0.39, 0.29) is 29.5 Å². The van der Waals surface area contributed by atoms with Crippen molar-refractivity contribution in [2.45, 2.75) is 18.9 Å². The summed E-state index contributed by atoms with van der Waals surface area (Å²) in [6, 6.07) is 0.610. The number of anilines is 2. The number of piperidine rings is 1. The van der Waals surface area contributed by atoms with Crippen LogP contribution in [0.15, 0.2) is 6.07 Å². The Hall–Kier alpha value is -1.92. The maximum absolute atomic E-state index is 13.9. The quantitative estimate of drug-likeness (QED) is 0.785. The second kappa shape index (κ2) is 4.32. The van der Waals surface area contributed by atoms with Gasteiger partial charge in [0.25, 0.3) is 0 Å². The molecule has 0 bridgehead atoms. The van der Waals surface area contributed by atoms with E-state index in [2.05, 4.69) is 10.3 Å². The maximum Gasteiger partial charge on any atom is 0.225 e. The number of carbonyl (C=O) groups is 1. The van der Waals surface area contributed by atoms with E-state index in [1.165, 1.54) is 0 Å². The van der Waals surface area contributed by atoms with E-state index in [0.717, 1.165) is 18.9 Å². The summed E-state index contributed by atoms with van der Waals surface area (Å²) in [5.41, 5.74) is 5.40. The molecule has 1 amide bonds. The molecule has 0 radical (unpaired) electrons. The molecule has 7 heteroatoms. The largest absolute Gasteiger partial charge is 0.381 e. The molecule has 5 nitrogen and oxygen atoms in total. The predicted octanol–water partition coefficient (Wildman–Crippen LogP) is 0.657. The summed E-state index contributed by atoms with van der Waals surface area (Å²) in [4.78, 5) is 17.2. The van der Waals surface area contributed by atoms with Crippen molar-refractivity contribution >= 4 is 17.5 Å². The number of nitrogens with two attached hydrogens (primary N) is 1. The zero-order valence-electron chi connectivity index (χ0n) is 10.2. The molecule has 2 aliphatic heterocycles. The topological polar surface area (TPSA) is 71.2 Å². The van der Waals surface area contributed by atoms with Crippen LogP contribution in [0, 0.1) is 17.6 Å². The van der Waals surface area contributed by atoms with Gasteiger partial charge in [0.15, 0.2) is 23.3 Å². The molecule has 0 aromatic carbocycles. The Kier molecular flexibility index (Phi) is 2.76. The summed E-state index contributed by atoms with van der Waals surface area (Å²) in [6.45, 7) is 1.05. The van der Waals surface area contributed by atoms with E-state index in [9.17, 15) is 13.6 Å². The van der Waals surface area contributed by atoms with Crippen molar-refractivity contribution in [1.82, 2.24) is 10.3 Å². The van der Waals surface area contributed by atoms with E-state index in [1.54, 1.807) is 4.90 Å². The fourth-order valence-electron chi connectivity index (χ4n) is 2.89. The number of pyridine rings is 1. The zero-order chi connectivity index (χ0) is 13.6. The number of nitrogen functional groups attached to an aromatic ring is 1. The number of carbonyl (C=O) groups excluding carboxylic acids is 1. The van der Waals surface area contributed by atoms with Gasteiger partial charge in [-0.15, -0.1) is 0 Å². The highest BCUT2D eigenvalue weighted by atomic mass is 19.1. The molecule has 3 rings (SSSR count). The van der Waals surface area contributed by atoms with E-state index < -0.39 is 11.6 Å². The lowest BCUT2D eigenvalue weighted by molar-refractivity contribution is -0.123. The van der Waals surface area contributed by atoms with Crippen LogP contribution >= 0.6 is 0 Å². The Morgan fingerprint density at radius 2 is 2.21 bits per heavy atom. The first-order chi connectivity index (χ1) is 9.08. The highest BCUT2D eigenvalue weighted by Crippen LogP contribution is 2.32. The van der Waals surface area contributed by atoms with Gasteiger partial charge in [0.05, 0.1) is 12.0 Å². The van der Waals surface area contributed by atoms with E-state index in [4.69, 9.17) is 5.73 Å². The molecule has 2 aliphatic rings. The van der Waals surface area contributed by atoms with Crippen molar-refractivity contribution in [3.8, 4) is 0 Å². The van der Waals surface area contributed by atoms with Gasteiger partial charge < -0.3 is 16.0 Å². The fraction of sp³-hybridized carbons (Fsp3) is 0.500. The minimum atomic E-state index is -0.865. The van der Waals surface area contributed by atoms with Crippen molar-refractivity contribution in [3.63, 3.8) is 0 Å². The number of rotatable bonds is 1. The fourth-order valence-corrected chi connectivity index (χ4v) is 2.89. The summed E-state index contributed by atoms with van der Waals surface area (Å²) in [7, 11) is 0. The SMILES string of the molecule is Nc1nc(N2CCCC3C(=O)NCC32)c(F)cc1F. The smallest absolute Gasteiger partial charge is 0.225 e. The minimum absolute atomic E-state index is 0.00908. The first-order valence-corrected chi connectivity index (χ1v) is 6.24. The molecule has 3 N–H and O–H groups in total. The summed E-state index contributed by atoms with van der Waals surface area (Å²) in [5, 5.41) is 2.77. The van der Waals surface area contributed by atoms with Crippen LogP contribution in [0.1, 0.15) is 12.8 Å². The molecule has 2 atom stereocenters. The molecule has 19 heavy (non-hydrogen) atoms. The molecule has 2 fully saturated rings. The van der Waals surface area contributed by atoms with Crippen LogP contribution in [-0.2, 0) is 4.79 Å². The molecule has 1 aromatic rings. The molecule has 0 aliphatic carbocycles. The molecule has 3 heterocycles. The average molecular weight is 268 g/mol. The minimum Gasteiger partial charge on any atom is -0.381 e. The number of hydrogen-bond donors (Lipinski definition) is 2. The summed E-state index contributed by atoms with van der Waals surface area (Å²) >= 11 is 0. The average Bonchev–Trinajstić information content (AvgIpc) is 2.76. The number of amides is 1. The van der Waals surface area contributed by atoms with Gasteiger partial charge in [0.2, 0.25) is 5.91 Å². The van der Waals surface area contributed by atoms with Gasteiger partial charge in [0.1, 0.15) is 0 Å². The summed E-state index contributed by atoms with van der Waals surface area (Å²) in [6.07, 6.45) is 1.55. The molecule has 0 spiro atoms. The second-order valence-corrected chi connectivity index (χ2v) is 4.92. The highest BCUT2D eigenvalue weighted by molar-refractivity contribution is 5.83. The normalized spacial score (nSPS) is 26.2. The van der Waals surface area contributed by atoms with Crippen LogP contribution in [0.4, 0.5) is 20.4 Å². The van der Waals surface area contributed by atoms with Crippen LogP contribution in [0.3, 0.4) is 0 Å². The molecule has 102 valence electrons. The third kappa shape index (κ3) is 1.89. The van der Waals surface area contributed by atoms with Gasteiger partial charge in [-0.2, -0.15) is 0 Å². The van der Waals surface area contributed by atoms with E-state index in [0.29, 0.717) is 13.1 Å². The lowest BCUT2D eigenvalue weighted by Crippen LogP contribution is -2.46. The van der Waals surface area contributed by atoms with Gasteiger partial charge in [-0.1, -0.05) is 0 Å². The number of nitrogens with one attached hydrogen (secondary N) is 1. The number of nitrogens with zero attached hydrogens (tertiary/aromatic N) is 2. The monoisotopic (exact) mass is 268 g/mol. The first kappa shape index (κ1) is 12.1. The van der Waals surface area contributed by atoms with Crippen LogP contribution < -0.4 is 16.0 Å². The van der Waals surface area contributed by atoms with Gasteiger partial charge >= 0.3 is 0 Å². The number of halogens is 2. The third-order valence-electron chi connectivity index (χ3n) is 3.81. The molecule has 0 saturated carbocycles. The summed E-state index contributed by atoms with van der Waals surface area (Å²) in [5.74, 6) is -2.06.